The standard InChI is InChI=1S/C17H17ClFN3O.C2HF3O2/c18-16-11-12(19)1-6-15(16)17(23)21-13-2-4-14(5-3-13)22-9-7-20-8-10-22;3-2(4,5)1(6)7/h1-6,11,20H,7-10H2,(H,21,23);(H,6,7). The number of rotatable bonds is 3. The molecule has 11 heteroatoms. The number of piperazine rings is 1. The van der Waals surface area contributed by atoms with Crippen LogP contribution in [-0.2, 0) is 4.79 Å². The van der Waals surface area contributed by atoms with E-state index in [1.807, 2.05) is 24.3 Å². The molecule has 0 saturated carbocycles. The molecule has 1 saturated heterocycles. The van der Waals surface area contributed by atoms with Crippen molar-refractivity contribution in [2.24, 2.45) is 0 Å². The van der Waals surface area contributed by atoms with Gasteiger partial charge in [0.15, 0.2) is 0 Å². The van der Waals surface area contributed by atoms with E-state index < -0.39 is 18.0 Å². The van der Waals surface area contributed by atoms with Crippen LogP contribution in [0.1, 0.15) is 10.4 Å². The van der Waals surface area contributed by atoms with Crippen LogP contribution < -0.4 is 15.5 Å². The van der Waals surface area contributed by atoms with E-state index in [0.29, 0.717) is 5.69 Å². The zero-order valence-corrected chi connectivity index (χ0v) is 16.2. The predicted octanol–water partition coefficient (Wildman–Crippen LogP) is 3.77. The molecule has 0 unspecified atom stereocenters. The molecule has 0 bridgehead atoms. The SMILES string of the molecule is O=C(Nc1ccc(N2CCNCC2)cc1)c1ccc(F)cc1Cl.O=C(O)C(F)(F)F. The zero-order chi connectivity index (χ0) is 22.3. The minimum absolute atomic E-state index is 0.0972. The monoisotopic (exact) mass is 447 g/mol. The number of hydrogen-bond acceptors (Lipinski definition) is 4. The van der Waals surface area contributed by atoms with E-state index >= 15 is 0 Å². The van der Waals surface area contributed by atoms with Gasteiger partial charge < -0.3 is 20.6 Å². The number of carboxylic acids is 1. The topological polar surface area (TPSA) is 81.7 Å². The molecule has 1 fully saturated rings. The van der Waals surface area contributed by atoms with Gasteiger partial charge in [-0.1, -0.05) is 11.6 Å². The van der Waals surface area contributed by atoms with Gasteiger partial charge in [-0.05, 0) is 42.5 Å². The molecule has 3 rings (SSSR count). The van der Waals surface area contributed by atoms with Gasteiger partial charge in [-0.3, -0.25) is 4.79 Å². The summed E-state index contributed by atoms with van der Waals surface area (Å²) in [6.07, 6.45) is -5.08. The van der Waals surface area contributed by atoms with E-state index in [1.165, 1.54) is 12.1 Å². The fourth-order valence-corrected chi connectivity index (χ4v) is 2.80. The Balaban J connectivity index is 0.000000396. The Morgan fingerprint density at radius 1 is 1.07 bits per heavy atom. The van der Waals surface area contributed by atoms with Crippen molar-refractivity contribution < 1.29 is 32.3 Å². The van der Waals surface area contributed by atoms with E-state index in [-0.39, 0.29) is 16.5 Å². The summed E-state index contributed by atoms with van der Waals surface area (Å²) in [7, 11) is 0. The number of benzene rings is 2. The van der Waals surface area contributed by atoms with Crippen molar-refractivity contribution >= 4 is 34.9 Å². The summed E-state index contributed by atoms with van der Waals surface area (Å²) in [5.41, 5.74) is 2.05. The maximum absolute atomic E-state index is 13.0. The number of hydrogen-bond donors (Lipinski definition) is 3. The lowest BCUT2D eigenvalue weighted by Crippen LogP contribution is -2.43. The van der Waals surface area contributed by atoms with Crippen LogP contribution in [0.25, 0.3) is 0 Å². The van der Waals surface area contributed by atoms with Crippen LogP contribution in [-0.4, -0.2) is 49.3 Å². The molecule has 1 aliphatic rings. The summed E-state index contributed by atoms with van der Waals surface area (Å²) < 4.78 is 44.8. The maximum Gasteiger partial charge on any atom is 0.490 e. The Morgan fingerprint density at radius 2 is 1.63 bits per heavy atom. The van der Waals surface area contributed by atoms with E-state index in [1.54, 1.807) is 0 Å². The average Bonchev–Trinajstić information content (AvgIpc) is 2.69. The largest absolute Gasteiger partial charge is 0.490 e. The zero-order valence-electron chi connectivity index (χ0n) is 15.5. The number of aliphatic carboxylic acids is 1. The van der Waals surface area contributed by atoms with Crippen LogP contribution in [0.2, 0.25) is 5.02 Å². The summed E-state index contributed by atoms with van der Waals surface area (Å²) in [5.74, 6) is -3.58. The lowest BCUT2D eigenvalue weighted by Gasteiger charge is -2.29. The van der Waals surface area contributed by atoms with Crippen molar-refractivity contribution in [1.29, 1.82) is 0 Å². The van der Waals surface area contributed by atoms with Crippen molar-refractivity contribution in [3.8, 4) is 0 Å². The molecule has 3 N–H and O–H groups in total. The molecule has 0 aromatic heterocycles. The number of alkyl halides is 3. The second kappa shape index (κ2) is 10.3. The number of halogens is 5. The molecule has 0 spiro atoms. The molecule has 2 aromatic carbocycles. The third kappa shape index (κ3) is 6.89. The molecular formula is C19H18ClF4N3O3. The maximum atomic E-state index is 13.0. The number of carboxylic acid groups (broad SMARTS) is 1. The lowest BCUT2D eigenvalue weighted by atomic mass is 10.2. The van der Waals surface area contributed by atoms with Gasteiger partial charge in [0.25, 0.3) is 5.91 Å². The Morgan fingerprint density at radius 3 is 2.13 bits per heavy atom. The Hall–Kier alpha value is -2.85. The van der Waals surface area contributed by atoms with E-state index in [0.717, 1.165) is 37.9 Å². The first kappa shape index (κ1) is 23.4. The molecule has 162 valence electrons. The first-order valence-corrected chi connectivity index (χ1v) is 9.08. The highest BCUT2D eigenvalue weighted by molar-refractivity contribution is 6.34. The number of nitrogens with zero attached hydrogens (tertiary/aromatic N) is 1. The summed E-state index contributed by atoms with van der Waals surface area (Å²) in [5, 5.41) is 13.3. The van der Waals surface area contributed by atoms with Crippen molar-refractivity contribution in [2.45, 2.75) is 6.18 Å². The van der Waals surface area contributed by atoms with E-state index in [2.05, 4.69) is 15.5 Å². The third-order valence-corrected chi connectivity index (χ3v) is 4.34. The molecule has 0 radical (unpaired) electrons. The predicted molar refractivity (Wildman–Crippen MR) is 105 cm³/mol. The summed E-state index contributed by atoms with van der Waals surface area (Å²) in [6.45, 7) is 3.89. The fraction of sp³-hybridized carbons (Fsp3) is 0.263. The van der Waals surface area contributed by atoms with Gasteiger partial charge in [0.05, 0.1) is 10.6 Å². The second-order valence-corrected chi connectivity index (χ2v) is 6.57. The van der Waals surface area contributed by atoms with Crippen LogP contribution in [0.4, 0.5) is 28.9 Å². The number of nitrogens with one attached hydrogen (secondary N) is 2. The van der Waals surface area contributed by atoms with Crippen LogP contribution in [0.5, 0.6) is 0 Å². The first-order valence-electron chi connectivity index (χ1n) is 8.70. The third-order valence-electron chi connectivity index (χ3n) is 4.03. The smallest absolute Gasteiger partial charge is 0.475 e. The molecular weight excluding hydrogens is 430 g/mol. The summed E-state index contributed by atoms with van der Waals surface area (Å²) >= 11 is 5.90. The molecule has 0 aliphatic carbocycles. The molecule has 0 atom stereocenters. The summed E-state index contributed by atoms with van der Waals surface area (Å²) in [6, 6.07) is 11.4. The number of carbonyl (C=O) groups is 2. The number of carbonyl (C=O) groups excluding carboxylic acids is 1. The van der Waals surface area contributed by atoms with Crippen LogP contribution in [0, 0.1) is 5.82 Å². The quantitative estimate of drug-likeness (QED) is 0.624. The second-order valence-electron chi connectivity index (χ2n) is 6.17. The highest BCUT2D eigenvalue weighted by Gasteiger charge is 2.38. The van der Waals surface area contributed by atoms with Gasteiger partial charge in [0.2, 0.25) is 0 Å². The first-order chi connectivity index (χ1) is 14.1. The number of amides is 1. The normalized spacial score (nSPS) is 13.8. The Kier molecular flexibility index (Phi) is 8.01. The van der Waals surface area contributed by atoms with Crippen molar-refractivity contribution in [2.75, 3.05) is 36.4 Å². The van der Waals surface area contributed by atoms with Crippen LogP contribution in [0.15, 0.2) is 42.5 Å². The minimum atomic E-state index is -5.08. The highest BCUT2D eigenvalue weighted by Crippen LogP contribution is 2.21. The van der Waals surface area contributed by atoms with Gasteiger partial charge >= 0.3 is 12.1 Å². The number of anilines is 2. The lowest BCUT2D eigenvalue weighted by molar-refractivity contribution is -0.192. The Bertz CT molecular complexity index is 886. The van der Waals surface area contributed by atoms with Gasteiger partial charge in [0.1, 0.15) is 5.82 Å². The molecule has 30 heavy (non-hydrogen) atoms. The summed E-state index contributed by atoms with van der Waals surface area (Å²) in [4.78, 5) is 23.4. The van der Waals surface area contributed by atoms with Crippen molar-refractivity contribution in [3.05, 3.63) is 58.9 Å². The Labute approximate surface area is 174 Å². The van der Waals surface area contributed by atoms with Crippen LogP contribution in [0.3, 0.4) is 0 Å². The highest BCUT2D eigenvalue weighted by atomic mass is 35.5. The van der Waals surface area contributed by atoms with Crippen LogP contribution >= 0.6 is 11.6 Å². The van der Waals surface area contributed by atoms with Gasteiger partial charge in [-0.2, -0.15) is 13.2 Å². The molecule has 1 aliphatic heterocycles. The average molecular weight is 448 g/mol. The minimum Gasteiger partial charge on any atom is -0.475 e. The fourth-order valence-electron chi connectivity index (χ4n) is 2.55. The molecule has 1 heterocycles. The molecule has 1 amide bonds. The van der Waals surface area contributed by atoms with Crippen molar-refractivity contribution in [1.82, 2.24) is 5.32 Å². The molecule has 2 aromatic rings. The van der Waals surface area contributed by atoms with Gasteiger partial charge in [-0.25, -0.2) is 9.18 Å². The van der Waals surface area contributed by atoms with Crippen molar-refractivity contribution in [3.63, 3.8) is 0 Å². The van der Waals surface area contributed by atoms with E-state index in [9.17, 15) is 22.4 Å². The van der Waals surface area contributed by atoms with Gasteiger partial charge in [0, 0.05) is 37.6 Å². The van der Waals surface area contributed by atoms with Gasteiger partial charge in [-0.15, -0.1) is 0 Å². The molecule has 6 nitrogen and oxygen atoms in total. The van der Waals surface area contributed by atoms with E-state index in [4.69, 9.17) is 21.5 Å².